The van der Waals surface area contributed by atoms with E-state index in [1.807, 2.05) is 45.0 Å². The molecule has 0 aromatic heterocycles. The molecule has 3 saturated carbocycles. The lowest BCUT2D eigenvalue weighted by Crippen LogP contribution is -2.60. The summed E-state index contributed by atoms with van der Waals surface area (Å²) in [6.45, 7) is 5.72. The number of nitrogens with one attached hydrogen (secondary N) is 3. The van der Waals surface area contributed by atoms with Crippen LogP contribution in [0.2, 0.25) is 0 Å². The van der Waals surface area contributed by atoms with Gasteiger partial charge in [0.15, 0.2) is 0 Å². The Hall–Kier alpha value is -3.91. The van der Waals surface area contributed by atoms with Crippen molar-refractivity contribution in [3.8, 4) is 5.75 Å². The summed E-state index contributed by atoms with van der Waals surface area (Å²) in [5.41, 5.74) is -1.46. The fraction of sp³-hybridized carbons (Fsp3) is 0.674. The molecule has 0 spiro atoms. The van der Waals surface area contributed by atoms with Gasteiger partial charge in [-0.05, 0) is 109 Å². The maximum absolute atomic E-state index is 14.9. The zero-order valence-corrected chi connectivity index (χ0v) is 34.2. The number of alkyl carbamates (subject to hydrolysis) is 1. The van der Waals surface area contributed by atoms with Crippen LogP contribution in [0.1, 0.15) is 116 Å². The molecule has 5 atom stereocenters. The number of amides is 4. The van der Waals surface area contributed by atoms with Crippen LogP contribution in [0.25, 0.3) is 10.8 Å². The van der Waals surface area contributed by atoms with Gasteiger partial charge in [0.25, 0.3) is 5.91 Å². The zero-order chi connectivity index (χ0) is 40.0. The van der Waals surface area contributed by atoms with Gasteiger partial charge in [-0.2, -0.15) is 0 Å². The number of benzene rings is 2. The lowest BCUT2D eigenvalue weighted by Gasteiger charge is -2.36. The normalized spacial score (nSPS) is 28.8. The minimum atomic E-state index is -3.87. The van der Waals surface area contributed by atoms with E-state index in [9.17, 15) is 27.6 Å². The molecule has 5 bridgehead atoms. The third kappa shape index (κ3) is 8.91. The average molecular weight is 811 g/mol. The Morgan fingerprint density at radius 3 is 2.28 bits per heavy atom. The van der Waals surface area contributed by atoms with Crippen LogP contribution in [0.4, 0.5) is 4.79 Å². The molecule has 0 radical (unpaired) electrons. The second kappa shape index (κ2) is 16.4. The van der Waals surface area contributed by atoms with Crippen molar-refractivity contribution in [2.45, 2.75) is 140 Å². The van der Waals surface area contributed by atoms with Crippen LogP contribution in [0.5, 0.6) is 5.75 Å². The fourth-order valence-corrected chi connectivity index (χ4v) is 10.2. The first kappa shape index (κ1) is 42.7. The first-order chi connectivity index (χ1) is 26.6. The first-order valence-electron chi connectivity index (χ1n) is 20.4. The van der Waals surface area contributed by atoms with Crippen LogP contribution in [-0.4, -0.2) is 87.4 Å². The van der Waals surface area contributed by atoms with Gasteiger partial charge in [-0.15, -0.1) is 0 Å². The van der Waals surface area contributed by atoms with Gasteiger partial charge in [-0.1, -0.05) is 66.0 Å². The van der Waals surface area contributed by atoms with E-state index in [1.54, 1.807) is 14.2 Å². The molecular formula is C43H62N4O9S. The second-order valence-corrected chi connectivity index (χ2v) is 19.8. The third-order valence-electron chi connectivity index (χ3n) is 12.7. The van der Waals surface area contributed by atoms with Crippen molar-refractivity contribution in [3.05, 3.63) is 41.5 Å². The summed E-state index contributed by atoms with van der Waals surface area (Å²) < 4.78 is 45.8. The van der Waals surface area contributed by atoms with Crippen molar-refractivity contribution < 1.29 is 41.8 Å². The monoisotopic (exact) mass is 810 g/mol. The van der Waals surface area contributed by atoms with E-state index in [2.05, 4.69) is 21.4 Å². The van der Waals surface area contributed by atoms with Crippen LogP contribution in [0.3, 0.4) is 0 Å². The van der Waals surface area contributed by atoms with Crippen LogP contribution in [-0.2, 0) is 45.9 Å². The highest BCUT2D eigenvalue weighted by atomic mass is 32.2. The molecule has 7 rings (SSSR count). The highest BCUT2D eigenvalue weighted by Gasteiger charge is 2.67. The summed E-state index contributed by atoms with van der Waals surface area (Å²) in [6.07, 6.45) is 9.06. The van der Waals surface area contributed by atoms with Crippen molar-refractivity contribution in [1.82, 2.24) is 20.3 Å². The minimum absolute atomic E-state index is 0. The number of sulfonamides is 1. The molecule has 4 fully saturated rings. The van der Waals surface area contributed by atoms with Crippen molar-refractivity contribution in [3.63, 3.8) is 0 Å². The summed E-state index contributed by atoms with van der Waals surface area (Å²) in [5, 5.41) is 7.16. The Morgan fingerprint density at radius 1 is 0.930 bits per heavy atom. The number of hydrogen-bond donors (Lipinski definition) is 3. The number of carbonyl (C=O) groups is 4. The first-order valence-corrected chi connectivity index (χ1v) is 21.9. The molecule has 3 aliphatic carbocycles. The van der Waals surface area contributed by atoms with Gasteiger partial charge in [0.1, 0.15) is 29.0 Å². The summed E-state index contributed by atoms with van der Waals surface area (Å²) >= 11 is 0. The molecule has 4 amide bonds. The molecule has 3 N–H and O–H groups in total. The summed E-state index contributed by atoms with van der Waals surface area (Å²) in [5.74, 6) is -0.951. The molecule has 2 aromatic rings. The van der Waals surface area contributed by atoms with E-state index in [1.165, 1.54) is 4.90 Å². The molecule has 2 heterocycles. The van der Waals surface area contributed by atoms with E-state index < -0.39 is 67.7 Å². The minimum Gasteiger partial charge on any atom is -0.496 e. The predicted molar refractivity (Wildman–Crippen MR) is 217 cm³/mol. The van der Waals surface area contributed by atoms with Crippen LogP contribution in [0, 0.1) is 17.3 Å². The van der Waals surface area contributed by atoms with Crippen LogP contribution < -0.4 is 20.1 Å². The number of ether oxygens (including phenoxy) is 3. The molecule has 13 nitrogen and oxygen atoms in total. The Morgan fingerprint density at radius 2 is 1.63 bits per heavy atom. The number of aryl methyl sites for hydroxylation is 1. The topological polar surface area (TPSA) is 169 Å². The number of fused-ring (bicyclic) bond motifs is 5. The Labute approximate surface area is 337 Å². The van der Waals surface area contributed by atoms with E-state index in [0.29, 0.717) is 25.7 Å². The summed E-state index contributed by atoms with van der Waals surface area (Å²) in [7, 11) is -0.622. The molecule has 2 aliphatic heterocycles. The third-order valence-corrected chi connectivity index (χ3v) is 14.5. The second-order valence-electron chi connectivity index (χ2n) is 17.8. The Bertz CT molecular complexity index is 1970. The smallest absolute Gasteiger partial charge is 0.407 e. The molecule has 14 heteroatoms. The molecule has 57 heavy (non-hydrogen) atoms. The Kier molecular flexibility index (Phi) is 12.3. The molecule has 0 unspecified atom stereocenters. The number of cyclic esters (lactones) is 1. The van der Waals surface area contributed by atoms with E-state index in [0.717, 1.165) is 79.0 Å². The van der Waals surface area contributed by atoms with Gasteiger partial charge >= 0.3 is 6.09 Å². The molecule has 1 saturated heterocycles. The molecule has 5 aliphatic rings. The lowest BCUT2D eigenvalue weighted by atomic mass is 9.85. The highest BCUT2D eigenvalue weighted by Crippen LogP contribution is 2.57. The lowest BCUT2D eigenvalue weighted by molar-refractivity contribution is -0.143. The Balaban J connectivity index is 0.00000549. The number of carbonyl (C=O) groups excluding carboxylic acids is 4. The van der Waals surface area contributed by atoms with E-state index >= 15 is 0 Å². The summed E-state index contributed by atoms with van der Waals surface area (Å²) in [4.78, 5) is 58.1. The van der Waals surface area contributed by atoms with Gasteiger partial charge in [-0.25, -0.2) is 13.2 Å². The maximum atomic E-state index is 14.9. The predicted octanol–water partition coefficient (Wildman–Crippen LogP) is 5.86. The number of rotatable bonds is 8. The van der Waals surface area contributed by atoms with Crippen molar-refractivity contribution >= 4 is 44.6 Å². The highest BCUT2D eigenvalue weighted by molar-refractivity contribution is 7.91. The SMILES string of the molecule is C.COc1cc2ccc3cc2cc1CCCCCCCCOC(=O)N[C@@H](C(C)(C)C)C(=O)N1C[C@@]3(OC)C[C@H]1C(=O)N[C@]1(C(=O)NS(=O)(=O)C2CC2)C[C@H]1C1CC1. The maximum Gasteiger partial charge on any atom is 0.407 e. The number of nitrogens with zero attached hydrogens (tertiary/aromatic N) is 1. The van der Waals surface area contributed by atoms with Crippen molar-refractivity contribution in [2.75, 3.05) is 27.4 Å². The molecular weight excluding hydrogens is 749 g/mol. The van der Waals surface area contributed by atoms with Gasteiger partial charge in [0.2, 0.25) is 21.8 Å². The van der Waals surface area contributed by atoms with E-state index in [-0.39, 0.29) is 38.8 Å². The molecule has 314 valence electrons. The fourth-order valence-electron chi connectivity index (χ4n) is 8.87. The standard InChI is InChI=1S/C42H58N4O9S.CH4/c1-40(2,3)35-37(48)46-25-41(54-5,24-33(46)36(47)44-42(23-32(42)26-13-14-26)38(49)45-56(51,52)31-17-18-31)30-16-15-27-22-34(53-4)28(20-29(27)21-30)12-10-8-6-7-9-11-19-55-39(50)43-35;/h15-16,20-22,26,31-33,35H,6-14,17-19,23-25H2,1-5H3,(H,43,50)(H,44,47)(H,45,49);1H4/t32-,33-,35+,41-,42+;/m0./s1. The van der Waals surface area contributed by atoms with Gasteiger partial charge < -0.3 is 29.7 Å². The average Bonchev–Trinajstić information content (AvgIpc) is 4.03. The summed E-state index contributed by atoms with van der Waals surface area (Å²) in [6, 6.07) is 7.99. The van der Waals surface area contributed by atoms with Crippen LogP contribution in [0.15, 0.2) is 30.3 Å². The number of methoxy groups -OCH3 is 2. The van der Waals surface area contributed by atoms with Gasteiger partial charge in [0.05, 0.1) is 25.5 Å². The number of hydrogen-bond acceptors (Lipinski definition) is 9. The molecule has 2 aromatic carbocycles. The van der Waals surface area contributed by atoms with Gasteiger partial charge in [0, 0.05) is 13.5 Å². The van der Waals surface area contributed by atoms with Crippen molar-refractivity contribution in [2.24, 2.45) is 17.3 Å². The van der Waals surface area contributed by atoms with E-state index in [4.69, 9.17) is 14.2 Å². The zero-order valence-electron chi connectivity index (χ0n) is 33.4. The van der Waals surface area contributed by atoms with Crippen molar-refractivity contribution in [1.29, 1.82) is 0 Å². The largest absolute Gasteiger partial charge is 0.496 e. The van der Waals surface area contributed by atoms with Crippen LogP contribution >= 0.6 is 0 Å². The quantitative estimate of drug-likeness (QED) is 0.296. The van der Waals surface area contributed by atoms with Gasteiger partial charge in [-0.3, -0.25) is 19.1 Å².